The van der Waals surface area contributed by atoms with E-state index in [0.29, 0.717) is 33.5 Å². The lowest BCUT2D eigenvalue weighted by atomic mass is 10.1. The molecule has 0 aliphatic heterocycles. The maximum absolute atomic E-state index is 6.23. The number of nitrogens with zero attached hydrogens (tertiary/aromatic N) is 1. The predicted octanol–water partition coefficient (Wildman–Crippen LogP) is 2.60. The van der Waals surface area contributed by atoms with E-state index in [-0.39, 0.29) is 5.88 Å². The van der Waals surface area contributed by atoms with E-state index in [9.17, 15) is 0 Å². The standard InChI is InChI=1S/C12H13ClN2O4/c1-16-8-4-6(13)10(7-5-9(14)19-15-7)12(18-3)11(8)17-2/h4-5H,14H2,1-3H3. The van der Waals surface area contributed by atoms with Crippen molar-refractivity contribution in [2.45, 2.75) is 0 Å². The van der Waals surface area contributed by atoms with Crippen molar-refractivity contribution in [1.82, 2.24) is 5.16 Å². The van der Waals surface area contributed by atoms with Crippen molar-refractivity contribution < 1.29 is 18.7 Å². The molecule has 0 saturated heterocycles. The van der Waals surface area contributed by atoms with Crippen LogP contribution in [0, 0.1) is 0 Å². The fourth-order valence-corrected chi connectivity index (χ4v) is 2.05. The van der Waals surface area contributed by atoms with Crippen LogP contribution in [0.25, 0.3) is 11.3 Å². The van der Waals surface area contributed by atoms with Gasteiger partial charge in [-0.15, -0.1) is 0 Å². The van der Waals surface area contributed by atoms with Crippen molar-refractivity contribution in [2.24, 2.45) is 0 Å². The lowest BCUT2D eigenvalue weighted by Crippen LogP contribution is -1.98. The molecule has 0 amide bonds. The van der Waals surface area contributed by atoms with Crippen molar-refractivity contribution in [3.8, 4) is 28.5 Å². The molecule has 0 bridgehead atoms. The molecule has 0 aliphatic rings. The van der Waals surface area contributed by atoms with Crippen molar-refractivity contribution in [3.05, 3.63) is 17.2 Å². The van der Waals surface area contributed by atoms with Crippen LogP contribution >= 0.6 is 11.6 Å². The zero-order valence-corrected chi connectivity index (χ0v) is 11.4. The Kier molecular flexibility index (Phi) is 3.71. The maximum Gasteiger partial charge on any atom is 0.222 e. The number of halogens is 1. The smallest absolute Gasteiger partial charge is 0.222 e. The number of hydrogen-bond acceptors (Lipinski definition) is 6. The van der Waals surface area contributed by atoms with Gasteiger partial charge in [-0.1, -0.05) is 16.8 Å². The molecule has 19 heavy (non-hydrogen) atoms. The number of hydrogen-bond donors (Lipinski definition) is 1. The molecule has 0 aliphatic carbocycles. The summed E-state index contributed by atoms with van der Waals surface area (Å²) in [7, 11) is 4.52. The van der Waals surface area contributed by atoms with Crippen LogP contribution in [0.1, 0.15) is 0 Å². The summed E-state index contributed by atoms with van der Waals surface area (Å²) in [5.41, 5.74) is 6.50. The summed E-state index contributed by atoms with van der Waals surface area (Å²) in [6, 6.07) is 3.17. The molecule has 0 unspecified atom stereocenters. The number of nitrogens with two attached hydrogens (primary N) is 1. The van der Waals surface area contributed by atoms with Crippen molar-refractivity contribution in [3.63, 3.8) is 0 Å². The first-order chi connectivity index (χ1) is 9.12. The summed E-state index contributed by atoms with van der Waals surface area (Å²) in [6.45, 7) is 0. The van der Waals surface area contributed by atoms with Gasteiger partial charge in [-0.05, 0) is 0 Å². The van der Waals surface area contributed by atoms with Crippen LogP contribution in [-0.2, 0) is 0 Å². The van der Waals surface area contributed by atoms with Crippen LogP contribution in [0.15, 0.2) is 16.7 Å². The van der Waals surface area contributed by atoms with Crippen LogP contribution < -0.4 is 19.9 Å². The van der Waals surface area contributed by atoms with Crippen LogP contribution in [0.3, 0.4) is 0 Å². The number of benzene rings is 1. The number of aromatic nitrogens is 1. The van der Waals surface area contributed by atoms with Crippen LogP contribution in [0.2, 0.25) is 5.02 Å². The molecule has 0 saturated carbocycles. The SMILES string of the molecule is COc1cc(Cl)c(-c2cc(N)on2)c(OC)c1OC. The molecule has 102 valence electrons. The molecule has 2 N–H and O–H groups in total. The zero-order chi connectivity index (χ0) is 14.0. The summed E-state index contributed by atoms with van der Waals surface area (Å²) in [5, 5.41) is 4.22. The number of methoxy groups -OCH3 is 3. The van der Waals surface area contributed by atoms with Gasteiger partial charge in [0.15, 0.2) is 11.5 Å². The molecule has 2 aromatic rings. The third kappa shape index (κ3) is 2.26. The summed E-state index contributed by atoms with van der Waals surface area (Å²) in [4.78, 5) is 0. The van der Waals surface area contributed by atoms with E-state index < -0.39 is 0 Å². The monoisotopic (exact) mass is 284 g/mol. The van der Waals surface area contributed by atoms with Crippen molar-refractivity contribution >= 4 is 17.5 Å². The topological polar surface area (TPSA) is 79.7 Å². The molecule has 7 heteroatoms. The second-order valence-corrected chi connectivity index (χ2v) is 4.02. The average Bonchev–Trinajstić information content (AvgIpc) is 2.83. The Morgan fingerprint density at radius 2 is 1.79 bits per heavy atom. The number of ether oxygens (including phenoxy) is 3. The van der Waals surface area contributed by atoms with Gasteiger partial charge in [-0.3, -0.25) is 0 Å². The Hall–Kier alpha value is -2.08. The fourth-order valence-electron chi connectivity index (χ4n) is 1.77. The molecule has 2 rings (SSSR count). The first-order valence-electron chi connectivity index (χ1n) is 5.33. The molecule has 0 radical (unpaired) electrons. The molecule has 1 aromatic heterocycles. The normalized spacial score (nSPS) is 10.3. The zero-order valence-electron chi connectivity index (χ0n) is 10.7. The Balaban J connectivity index is 2.72. The maximum atomic E-state index is 6.23. The Bertz CT molecular complexity index is 598. The first-order valence-corrected chi connectivity index (χ1v) is 5.71. The second-order valence-electron chi connectivity index (χ2n) is 3.62. The Morgan fingerprint density at radius 3 is 2.26 bits per heavy atom. The fraction of sp³-hybridized carbons (Fsp3) is 0.250. The van der Waals surface area contributed by atoms with Crippen LogP contribution in [0.5, 0.6) is 17.2 Å². The molecule has 1 aromatic carbocycles. The molecule has 6 nitrogen and oxygen atoms in total. The summed E-state index contributed by atoms with van der Waals surface area (Å²) in [6.07, 6.45) is 0. The lowest BCUT2D eigenvalue weighted by Gasteiger charge is -2.15. The van der Waals surface area contributed by atoms with E-state index in [1.165, 1.54) is 21.3 Å². The number of nitrogen functional groups attached to an aromatic ring is 1. The van der Waals surface area contributed by atoms with Gasteiger partial charge in [0.25, 0.3) is 0 Å². The average molecular weight is 285 g/mol. The largest absolute Gasteiger partial charge is 0.493 e. The summed E-state index contributed by atoms with van der Waals surface area (Å²) < 4.78 is 20.7. The molecule has 0 atom stereocenters. The molecular weight excluding hydrogens is 272 g/mol. The van der Waals surface area contributed by atoms with Gasteiger partial charge in [0.05, 0.1) is 31.9 Å². The molecule has 0 fully saturated rings. The van der Waals surface area contributed by atoms with Crippen molar-refractivity contribution in [2.75, 3.05) is 27.1 Å². The highest BCUT2D eigenvalue weighted by Crippen LogP contribution is 2.48. The van der Waals surface area contributed by atoms with E-state index in [1.54, 1.807) is 12.1 Å². The van der Waals surface area contributed by atoms with Gasteiger partial charge in [0, 0.05) is 12.1 Å². The highest BCUT2D eigenvalue weighted by Gasteiger charge is 2.23. The van der Waals surface area contributed by atoms with Gasteiger partial charge >= 0.3 is 0 Å². The van der Waals surface area contributed by atoms with Crippen LogP contribution in [-0.4, -0.2) is 26.5 Å². The molecule has 0 spiro atoms. The van der Waals surface area contributed by atoms with E-state index in [4.69, 9.17) is 36.1 Å². The minimum absolute atomic E-state index is 0.183. The van der Waals surface area contributed by atoms with Gasteiger partial charge in [-0.2, -0.15) is 0 Å². The van der Waals surface area contributed by atoms with Gasteiger partial charge in [0.2, 0.25) is 11.6 Å². The minimum Gasteiger partial charge on any atom is -0.493 e. The van der Waals surface area contributed by atoms with E-state index in [0.717, 1.165) is 0 Å². The first kappa shape index (κ1) is 13.4. The van der Waals surface area contributed by atoms with Crippen molar-refractivity contribution in [1.29, 1.82) is 0 Å². The summed E-state index contributed by atoms with van der Waals surface area (Å²) in [5.74, 6) is 1.47. The third-order valence-electron chi connectivity index (χ3n) is 2.57. The highest BCUT2D eigenvalue weighted by atomic mass is 35.5. The number of anilines is 1. The van der Waals surface area contributed by atoms with Gasteiger partial charge < -0.3 is 24.5 Å². The van der Waals surface area contributed by atoms with E-state index in [1.807, 2.05) is 0 Å². The number of rotatable bonds is 4. The highest BCUT2D eigenvalue weighted by molar-refractivity contribution is 6.34. The van der Waals surface area contributed by atoms with Crippen LogP contribution in [0.4, 0.5) is 5.88 Å². The molecule has 1 heterocycles. The second kappa shape index (κ2) is 5.27. The van der Waals surface area contributed by atoms with E-state index >= 15 is 0 Å². The lowest BCUT2D eigenvalue weighted by molar-refractivity contribution is 0.325. The minimum atomic E-state index is 0.183. The third-order valence-corrected chi connectivity index (χ3v) is 2.86. The van der Waals surface area contributed by atoms with Gasteiger partial charge in [-0.25, -0.2) is 0 Å². The Labute approximate surface area is 115 Å². The predicted molar refractivity (Wildman–Crippen MR) is 71.0 cm³/mol. The van der Waals surface area contributed by atoms with Gasteiger partial charge in [0.1, 0.15) is 5.69 Å². The summed E-state index contributed by atoms with van der Waals surface area (Å²) >= 11 is 6.23. The molecular formula is C12H13ClN2O4. The van der Waals surface area contributed by atoms with E-state index in [2.05, 4.69) is 5.16 Å². The quantitative estimate of drug-likeness (QED) is 0.929. The Morgan fingerprint density at radius 1 is 1.11 bits per heavy atom.